The predicted molar refractivity (Wildman–Crippen MR) is 82.0 cm³/mol. The van der Waals surface area contributed by atoms with E-state index < -0.39 is 0 Å². The first-order valence-corrected chi connectivity index (χ1v) is 7.48. The van der Waals surface area contributed by atoms with E-state index in [0.717, 1.165) is 25.0 Å². The average Bonchev–Trinajstić information content (AvgIpc) is 2.44. The van der Waals surface area contributed by atoms with Gasteiger partial charge in [0, 0.05) is 24.7 Å². The summed E-state index contributed by atoms with van der Waals surface area (Å²) in [5, 5.41) is 0. The Bertz CT molecular complexity index is 392. The maximum atomic E-state index is 12.4. The molecular formula is C16H27N3O. The Balaban J connectivity index is 2.49. The number of hydrogen-bond acceptors (Lipinski definition) is 3. The van der Waals surface area contributed by atoms with Gasteiger partial charge in [0.2, 0.25) is 5.91 Å². The number of hydrogen-bond donors (Lipinski definition) is 1. The molecule has 0 aliphatic heterocycles. The fraction of sp³-hybridized carbons (Fsp3) is 0.625. The van der Waals surface area contributed by atoms with Crippen LogP contribution in [-0.4, -0.2) is 28.4 Å². The molecule has 112 valence electrons. The highest BCUT2D eigenvalue weighted by Gasteiger charge is 2.19. The number of carbonyl (C=O) groups is 1. The quantitative estimate of drug-likeness (QED) is 0.794. The smallest absolute Gasteiger partial charge is 0.225 e. The molecule has 0 aliphatic carbocycles. The summed E-state index contributed by atoms with van der Waals surface area (Å²) in [5.41, 5.74) is 6.67. The molecule has 2 unspecified atom stereocenters. The first kappa shape index (κ1) is 16.6. The van der Waals surface area contributed by atoms with E-state index in [1.807, 2.05) is 43.9 Å². The Hall–Kier alpha value is -1.42. The zero-order valence-electron chi connectivity index (χ0n) is 12.9. The number of rotatable bonds is 8. The molecule has 1 heterocycles. The third kappa shape index (κ3) is 5.70. The molecular weight excluding hydrogens is 250 g/mol. The zero-order chi connectivity index (χ0) is 15.0. The van der Waals surface area contributed by atoms with Gasteiger partial charge in [-0.15, -0.1) is 0 Å². The van der Waals surface area contributed by atoms with Crippen molar-refractivity contribution in [3.63, 3.8) is 0 Å². The van der Waals surface area contributed by atoms with E-state index in [1.165, 1.54) is 0 Å². The lowest BCUT2D eigenvalue weighted by Gasteiger charge is -2.24. The fourth-order valence-corrected chi connectivity index (χ4v) is 2.21. The van der Waals surface area contributed by atoms with Crippen molar-refractivity contribution < 1.29 is 4.79 Å². The van der Waals surface area contributed by atoms with Crippen molar-refractivity contribution in [2.75, 3.05) is 6.54 Å². The predicted octanol–water partition coefficient (Wildman–Crippen LogP) is 2.58. The van der Waals surface area contributed by atoms with Crippen LogP contribution in [0.25, 0.3) is 0 Å². The molecule has 1 amide bonds. The van der Waals surface area contributed by atoms with Crippen LogP contribution < -0.4 is 5.73 Å². The van der Waals surface area contributed by atoms with Crippen LogP contribution in [0.2, 0.25) is 0 Å². The van der Waals surface area contributed by atoms with E-state index in [2.05, 4.69) is 4.98 Å². The monoisotopic (exact) mass is 277 g/mol. The number of amides is 1. The Morgan fingerprint density at radius 2 is 2.10 bits per heavy atom. The highest BCUT2D eigenvalue weighted by molar-refractivity contribution is 5.78. The first-order chi connectivity index (χ1) is 9.54. The number of pyridine rings is 1. The molecule has 0 spiro atoms. The van der Waals surface area contributed by atoms with Crippen LogP contribution in [-0.2, 0) is 11.3 Å². The van der Waals surface area contributed by atoms with E-state index in [4.69, 9.17) is 5.73 Å². The van der Waals surface area contributed by atoms with Gasteiger partial charge in [-0.2, -0.15) is 0 Å². The number of carbonyl (C=O) groups excluding carboxylic acids is 1. The van der Waals surface area contributed by atoms with Gasteiger partial charge < -0.3 is 10.6 Å². The molecule has 0 saturated carbocycles. The number of nitrogens with zero attached hydrogens (tertiary/aromatic N) is 2. The lowest BCUT2D eigenvalue weighted by molar-refractivity contribution is -0.135. The Morgan fingerprint density at radius 3 is 2.65 bits per heavy atom. The zero-order valence-corrected chi connectivity index (χ0v) is 12.9. The van der Waals surface area contributed by atoms with Gasteiger partial charge in [-0.05, 0) is 38.8 Å². The molecule has 0 saturated heterocycles. The van der Waals surface area contributed by atoms with Crippen LogP contribution >= 0.6 is 0 Å². The molecule has 2 N–H and O–H groups in total. The molecule has 0 radical (unpaired) electrons. The molecule has 4 nitrogen and oxygen atoms in total. The third-order valence-electron chi connectivity index (χ3n) is 3.49. The first-order valence-electron chi connectivity index (χ1n) is 7.48. The summed E-state index contributed by atoms with van der Waals surface area (Å²) >= 11 is 0. The Morgan fingerprint density at radius 1 is 1.35 bits per heavy atom. The van der Waals surface area contributed by atoms with Crippen LogP contribution in [0, 0.1) is 5.92 Å². The highest BCUT2D eigenvalue weighted by Crippen LogP contribution is 2.14. The van der Waals surface area contributed by atoms with E-state index in [9.17, 15) is 4.79 Å². The molecule has 0 aromatic carbocycles. The van der Waals surface area contributed by atoms with Gasteiger partial charge in [-0.3, -0.25) is 9.78 Å². The van der Waals surface area contributed by atoms with Crippen molar-refractivity contribution in [3.05, 3.63) is 30.1 Å². The summed E-state index contributed by atoms with van der Waals surface area (Å²) in [6.45, 7) is 7.33. The molecule has 2 atom stereocenters. The Labute approximate surface area is 122 Å². The Kier molecular flexibility index (Phi) is 7.23. The van der Waals surface area contributed by atoms with Gasteiger partial charge in [-0.1, -0.05) is 19.4 Å². The minimum Gasteiger partial charge on any atom is -0.337 e. The minimum atomic E-state index is 0.0532. The molecule has 20 heavy (non-hydrogen) atoms. The SMILES string of the molecule is CCN(Cc1ccccn1)C(=O)C(C)CCCC(C)N. The van der Waals surface area contributed by atoms with Crippen LogP contribution in [0.1, 0.15) is 45.7 Å². The molecule has 1 aromatic heterocycles. The number of nitrogens with two attached hydrogens (primary N) is 1. The minimum absolute atomic E-state index is 0.0532. The van der Waals surface area contributed by atoms with E-state index in [1.54, 1.807) is 6.20 Å². The molecule has 4 heteroatoms. The van der Waals surface area contributed by atoms with E-state index in [0.29, 0.717) is 13.1 Å². The van der Waals surface area contributed by atoms with Gasteiger partial charge in [0.05, 0.1) is 12.2 Å². The number of aromatic nitrogens is 1. The largest absolute Gasteiger partial charge is 0.337 e. The van der Waals surface area contributed by atoms with E-state index >= 15 is 0 Å². The molecule has 0 bridgehead atoms. The molecule has 1 aromatic rings. The van der Waals surface area contributed by atoms with Crippen LogP contribution in [0.3, 0.4) is 0 Å². The van der Waals surface area contributed by atoms with Gasteiger partial charge in [0.15, 0.2) is 0 Å². The molecule has 1 rings (SSSR count). The standard InChI is InChI=1S/C16H27N3O/c1-4-19(12-15-10-5-6-11-18-15)16(20)13(2)8-7-9-14(3)17/h5-6,10-11,13-14H,4,7-9,12,17H2,1-3H3. The van der Waals surface area contributed by atoms with Gasteiger partial charge in [0.1, 0.15) is 0 Å². The van der Waals surface area contributed by atoms with Gasteiger partial charge in [0.25, 0.3) is 0 Å². The molecule has 0 aliphatic rings. The van der Waals surface area contributed by atoms with Crippen molar-refractivity contribution in [2.45, 2.75) is 52.6 Å². The lowest BCUT2D eigenvalue weighted by atomic mass is 10.0. The van der Waals surface area contributed by atoms with Crippen molar-refractivity contribution in [3.8, 4) is 0 Å². The van der Waals surface area contributed by atoms with Gasteiger partial charge in [-0.25, -0.2) is 0 Å². The molecule has 0 fully saturated rings. The summed E-state index contributed by atoms with van der Waals surface area (Å²) in [7, 11) is 0. The van der Waals surface area contributed by atoms with Gasteiger partial charge >= 0.3 is 0 Å². The summed E-state index contributed by atoms with van der Waals surface area (Å²) in [4.78, 5) is 18.6. The fourth-order valence-electron chi connectivity index (χ4n) is 2.21. The highest BCUT2D eigenvalue weighted by atomic mass is 16.2. The summed E-state index contributed by atoms with van der Waals surface area (Å²) in [5.74, 6) is 0.264. The van der Waals surface area contributed by atoms with Crippen molar-refractivity contribution in [1.29, 1.82) is 0 Å². The van der Waals surface area contributed by atoms with Crippen molar-refractivity contribution in [2.24, 2.45) is 11.7 Å². The second-order valence-electron chi connectivity index (χ2n) is 5.48. The lowest BCUT2D eigenvalue weighted by Crippen LogP contribution is -2.35. The van der Waals surface area contributed by atoms with Crippen LogP contribution in [0.15, 0.2) is 24.4 Å². The normalized spacial score (nSPS) is 13.8. The average molecular weight is 277 g/mol. The maximum Gasteiger partial charge on any atom is 0.225 e. The second-order valence-corrected chi connectivity index (χ2v) is 5.48. The van der Waals surface area contributed by atoms with Crippen LogP contribution in [0.4, 0.5) is 0 Å². The van der Waals surface area contributed by atoms with Crippen molar-refractivity contribution >= 4 is 5.91 Å². The second kappa shape index (κ2) is 8.69. The summed E-state index contributed by atoms with van der Waals surface area (Å²) in [6.07, 6.45) is 4.65. The van der Waals surface area contributed by atoms with E-state index in [-0.39, 0.29) is 17.9 Å². The van der Waals surface area contributed by atoms with Crippen molar-refractivity contribution in [1.82, 2.24) is 9.88 Å². The van der Waals surface area contributed by atoms with Crippen LogP contribution in [0.5, 0.6) is 0 Å². The topological polar surface area (TPSA) is 59.2 Å². The third-order valence-corrected chi connectivity index (χ3v) is 3.49. The summed E-state index contributed by atoms with van der Waals surface area (Å²) < 4.78 is 0. The maximum absolute atomic E-state index is 12.4. The summed E-state index contributed by atoms with van der Waals surface area (Å²) in [6, 6.07) is 6.01.